The summed E-state index contributed by atoms with van der Waals surface area (Å²) in [6.07, 6.45) is 6.35. The summed E-state index contributed by atoms with van der Waals surface area (Å²) in [6, 6.07) is 8.87. The molecule has 2 aromatic rings. The van der Waals surface area contributed by atoms with Crippen LogP contribution in [0.15, 0.2) is 48.8 Å². The van der Waals surface area contributed by atoms with Crippen molar-refractivity contribution in [3.63, 3.8) is 0 Å². The number of hydrogen-bond donors (Lipinski definition) is 3. The van der Waals surface area contributed by atoms with Gasteiger partial charge < -0.3 is 5.11 Å². The minimum absolute atomic E-state index is 0.131. The van der Waals surface area contributed by atoms with Crippen LogP contribution in [0.4, 0.5) is 0 Å². The minimum atomic E-state index is -0.131. The Bertz CT molecular complexity index is 744. The van der Waals surface area contributed by atoms with E-state index in [4.69, 9.17) is 0 Å². The van der Waals surface area contributed by atoms with E-state index < -0.39 is 0 Å². The largest absolute Gasteiger partial charge is 0.508 e. The maximum Gasteiger partial charge on any atom is 0.235 e. The molecule has 0 bridgehead atoms. The topological polar surface area (TPSA) is 81.3 Å². The molecule has 0 fully saturated rings. The first-order valence-corrected chi connectivity index (χ1v) is 6.90. The lowest BCUT2D eigenvalue weighted by Gasteiger charge is -2.20. The van der Waals surface area contributed by atoms with Crippen molar-refractivity contribution in [3.05, 3.63) is 54.5 Å². The highest BCUT2D eigenvalue weighted by Gasteiger charge is 2.12. The molecule has 1 aromatic carbocycles. The summed E-state index contributed by atoms with van der Waals surface area (Å²) in [4.78, 5) is 11.1. The van der Waals surface area contributed by atoms with Crippen LogP contribution in [0.2, 0.25) is 0 Å². The Morgan fingerprint density at radius 1 is 1.36 bits per heavy atom. The third-order valence-electron chi connectivity index (χ3n) is 3.27. The molecule has 6 heteroatoms. The van der Waals surface area contributed by atoms with Crippen molar-refractivity contribution in [1.29, 1.82) is 0 Å². The molecule has 6 nitrogen and oxygen atoms in total. The second-order valence-electron chi connectivity index (χ2n) is 5.03. The van der Waals surface area contributed by atoms with Gasteiger partial charge >= 0.3 is 0 Å². The average Bonchev–Trinajstić information content (AvgIpc) is 2.97. The fourth-order valence-corrected chi connectivity index (χ4v) is 2.25. The molecule has 112 valence electrons. The Kier molecular flexibility index (Phi) is 3.65. The molecule has 0 saturated carbocycles. The number of rotatable bonds is 3. The average molecular weight is 296 g/mol. The normalized spacial score (nSPS) is 13.9. The van der Waals surface area contributed by atoms with Gasteiger partial charge in [0.1, 0.15) is 5.75 Å². The van der Waals surface area contributed by atoms with Crippen LogP contribution in [0.1, 0.15) is 19.0 Å². The van der Waals surface area contributed by atoms with Crippen LogP contribution in [0, 0.1) is 0 Å². The third kappa shape index (κ3) is 3.01. The van der Waals surface area contributed by atoms with Crippen molar-refractivity contribution in [2.24, 2.45) is 0 Å². The number of carbonyl (C=O) groups is 1. The number of aromatic amines is 1. The molecule has 0 radical (unpaired) electrons. The van der Waals surface area contributed by atoms with E-state index in [0.717, 1.165) is 28.9 Å². The quantitative estimate of drug-likeness (QED) is 0.812. The van der Waals surface area contributed by atoms with Crippen molar-refractivity contribution in [2.75, 3.05) is 0 Å². The Hall–Kier alpha value is -3.02. The first-order valence-electron chi connectivity index (χ1n) is 6.90. The number of amides is 1. The summed E-state index contributed by atoms with van der Waals surface area (Å²) in [7, 11) is 0. The monoisotopic (exact) mass is 296 g/mol. The number of nitrogens with one attached hydrogen (secondary N) is 2. The molecule has 2 heterocycles. The zero-order valence-electron chi connectivity index (χ0n) is 12.1. The van der Waals surface area contributed by atoms with Crippen LogP contribution < -0.4 is 5.43 Å². The number of aromatic nitrogens is 2. The fourth-order valence-electron chi connectivity index (χ4n) is 2.25. The molecule has 0 saturated heterocycles. The summed E-state index contributed by atoms with van der Waals surface area (Å²) < 4.78 is 0. The van der Waals surface area contributed by atoms with Crippen LogP contribution in [0.5, 0.6) is 5.75 Å². The van der Waals surface area contributed by atoms with Gasteiger partial charge in [-0.05, 0) is 42.3 Å². The highest BCUT2D eigenvalue weighted by atomic mass is 16.3. The Morgan fingerprint density at radius 3 is 2.86 bits per heavy atom. The molecule has 0 atom stereocenters. The van der Waals surface area contributed by atoms with Gasteiger partial charge in [0.2, 0.25) is 5.91 Å². The van der Waals surface area contributed by atoms with Crippen LogP contribution in [-0.2, 0) is 4.79 Å². The first kappa shape index (κ1) is 13.9. The lowest BCUT2D eigenvalue weighted by Crippen LogP contribution is -2.33. The Balaban J connectivity index is 1.83. The molecule has 0 aliphatic carbocycles. The van der Waals surface area contributed by atoms with Crippen LogP contribution in [0.25, 0.3) is 16.8 Å². The molecule has 1 aromatic heterocycles. The zero-order valence-corrected chi connectivity index (χ0v) is 12.1. The second kappa shape index (κ2) is 5.77. The summed E-state index contributed by atoms with van der Waals surface area (Å²) in [5.74, 6) is 0.100. The van der Waals surface area contributed by atoms with Crippen LogP contribution in [0.3, 0.4) is 0 Å². The SMILES string of the molecule is CC(=O)NN1C=CCC(c2cc(-c3ccc(O)cc3)[nH]n2)=C1. The number of allylic oxidation sites excluding steroid dienone is 2. The molecular formula is C16H16N4O2. The van der Waals surface area contributed by atoms with Gasteiger partial charge in [-0.3, -0.25) is 20.3 Å². The van der Waals surface area contributed by atoms with Gasteiger partial charge in [0.25, 0.3) is 0 Å². The van der Waals surface area contributed by atoms with Crippen LogP contribution in [-0.4, -0.2) is 26.2 Å². The van der Waals surface area contributed by atoms with Crippen molar-refractivity contribution < 1.29 is 9.90 Å². The van der Waals surface area contributed by atoms with Gasteiger partial charge in [-0.15, -0.1) is 0 Å². The molecule has 3 rings (SSSR count). The second-order valence-corrected chi connectivity index (χ2v) is 5.03. The standard InChI is InChI=1S/C16H16N4O2/c1-11(21)19-20-8-2-3-13(10-20)16-9-15(17-18-16)12-4-6-14(22)7-5-12/h2,4-10,22H,3H2,1H3,(H,17,18)(H,19,21). The molecule has 3 N–H and O–H groups in total. The number of hydrogen-bond acceptors (Lipinski definition) is 4. The highest BCUT2D eigenvalue weighted by Crippen LogP contribution is 2.26. The Labute approximate surface area is 127 Å². The number of aromatic hydroxyl groups is 1. The third-order valence-corrected chi connectivity index (χ3v) is 3.27. The van der Waals surface area contributed by atoms with Gasteiger partial charge in [0.05, 0.1) is 11.4 Å². The number of phenolic OH excluding ortho intramolecular Hbond substituents is 1. The van der Waals surface area contributed by atoms with E-state index in [1.807, 2.05) is 30.5 Å². The van der Waals surface area contributed by atoms with E-state index in [1.165, 1.54) is 6.92 Å². The minimum Gasteiger partial charge on any atom is -0.508 e. The molecule has 0 spiro atoms. The predicted molar refractivity (Wildman–Crippen MR) is 83.1 cm³/mol. The van der Waals surface area contributed by atoms with Crippen molar-refractivity contribution >= 4 is 11.5 Å². The van der Waals surface area contributed by atoms with E-state index in [1.54, 1.807) is 23.3 Å². The van der Waals surface area contributed by atoms with E-state index in [9.17, 15) is 9.90 Å². The smallest absolute Gasteiger partial charge is 0.235 e. The molecule has 1 aliphatic heterocycles. The first-order chi connectivity index (χ1) is 10.6. The number of nitrogens with zero attached hydrogens (tertiary/aromatic N) is 2. The lowest BCUT2D eigenvalue weighted by atomic mass is 10.1. The maximum atomic E-state index is 11.1. The van der Waals surface area contributed by atoms with Crippen molar-refractivity contribution in [2.45, 2.75) is 13.3 Å². The molecule has 1 amide bonds. The predicted octanol–water partition coefficient (Wildman–Crippen LogP) is 2.39. The number of phenols is 1. The van der Waals surface area contributed by atoms with Gasteiger partial charge in [-0.1, -0.05) is 6.08 Å². The number of benzene rings is 1. The number of carbonyl (C=O) groups excluding carboxylic acids is 1. The van der Waals surface area contributed by atoms with E-state index in [0.29, 0.717) is 0 Å². The van der Waals surface area contributed by atoms with Crippen molar-refractivity contribution in [1.82, 2.24) is 20.6 Å². The zero-order chi connectivity index (χ0) is 15.5. The number of hydrazine groups is 1. The van der Waals surface area contributed by atoms with E-state index >= 15 is 0 Å². The summed E-state index contributed by atoms with van der Waals surface area (Å²) in [6.45, 7) is 1.47. The van der Waals surface area contributed by atoms with Gasteiger partial charge in [-0.25, -0.2) is 0 Å². The summed E-state index contributed by atoms with van der Waals surface area (Å²) in [5, 5.41) is 18.3. The van der Waals surface area contributed by atoms with E-state index in [-0.39, 0.29) is 11.7 Å². The lowest BCUT2D eigenvalue weighted by molar-refractivity contribution is -0.121. The van der Waals surface area contributed by atoms with E-state index in [2.05, 4.69) is 15.6 Å². The van der Waals surface area contributed by atoms with Gasteiger partial charge in [0, 0.05) is 24.9 Å². The molecule has 1 aliphatic rings. The molecular weight excluding hydrogens is 280 g/mol. The Morgan fingerprint density at radius 2 is 2.14 bits per heavy atom. The van der Waals surface area contributed by atoms with Crippen molar-refractivity contribution in [3.8, 4) is 17.0 Å². The maximum absolute atomic E-state index is 11.1. The van der Waals surface area contributed by atoms with Gasteiger partial charge in [-0.2, -0.15) is 5.10 Å². The summed E-state index contributed by atoms with van der Waals surface area (Å²) in [5.41, 5.74) is 6.33. The molecule has 0 unspecified atom stereocenters. The highest BCUT2D eigenvalue weighted by molar-refractivity contribution is 5.74. The van der Waals surface area contributed by atoms with Gasteiger partial charge in [0.15, 0.2) is 0 Å². The molecule has 22 heavy (non-hydrogen) atoms. The fraction of sp³-hybridized carbons (Fsp3) is 0.125. The summed E-state index contributed by atoms with van der Waals surface area (Å²) >= 11 is 0. The number of H-pyrrole nitrogens is 1. The van der Waals surface area contributed by atoms with Crippen LogP contribution >= 0.6 is 0 Å².